The van der Waals surface area contributed by atoms with Gasteiger partial charge < -0.3 is 115 Å². The molecule has 41 nitrogen and oxygen atoms in total. The molecule has 0 saturated carbocycles. The lowest BCUT2D eigenvalue weighted by molar-refractivity contribution is -0.141. The van der Waals surface area contributed by atoms with Crippen LogP contribution in [-0.4, -0.2) is 242 Å². The average Bonchev–Trinajstić information content (AvgIpc) is 1.52. The first-order valence-corrected chi connectivity index (χ1v) is 41.0. The number of aliphatic carboxylic acids is 1. The third-order valence-electron chi connectivity index (χ3n) is 19.7. The molecule has 1 aromatic heterocycles. The lowest BCUT2D eigenvalue weighted by Crippen LogP contribution is -2.70. The summed E-state index contributed by atoms with van der Waals surface area (Å²) in [5.74, 6) is -16.5. The number of carbonyl (C=O) groups is 19. The lowest BCUT2D eigenvalue weighted by atomic mass is 9.92. The number of unbranched alkanes of at least 4 members (excludes halogenated alkanes) is 6. The van der Waals surface area contributed by atoms with Crippen molar-refractivity contribution in [3.8, 4) is 0 Å². The highest BCUT2D eigenvalue weighted by atomic mass is 16.4. The van der Waals surface area contributed by atoms with Crippen molar-refractivity contribution in [1.82, 2.24) is 95.4 Å². The van der Waals surface area contributed by atoms with Gasteiger partial charge in [0.25, 0.3) is 35.4 Å². The van der Waals surface area contributed by atoms with Crippen LogP contribution in [0.3, 0.4) is 0 Å². The van der Waals surface area contributed by atoms with E-state index in [2.05, 4.69) is 109 Å². The maximum Gasteiger partial charge on any atom is 0.305 e. The number of fused-ring (bicyclic) bond motifs is 1. The van der Waals surface area contributed by atoms with Gasteiger partial charge in [-0.3, -0.25) is 94.2 Å². The molecule has 680 valence electrons. The van der Waals surface area contributed by atoms with Crippen molar-refractivity contribution in [2.45, 2.75) is 280 Å². The molecule has 0 bridgehead atoms. The van der Waals surface area contributed by atoms with Gasteiger partial charge >= 0.3 is 5.97 Å². The zero-order chi connectivity index (χ0) is 91.8. The summed E-state index contributed by atoms with van der Waals surface area (Å²) < 4.78 is 0. The van der Waals surface area contributed by atoms with Gasteiger partial charge in [-0.1, -0.05) is 97.6 Å². The smallest absolute Gasteiger partial charge is 0.305 e. The SMILES string of the molecule is C=CCCCCCC[C@@](C)(NC)C(=O)N[C@@H](N[C@H](C=O)CC(N)=O)C(=O)N[C@@H](N[C@H](C=O)CC(C)C)C(=O)N[C@@H](N[C@H](C=O)Cc1c[nH]c2ccccc12)C(=O)N[C@@H](N[C@H](C=O)CCCCN)C(=O)N[C@@H](N[C@H](C=O)CC(C)C)C(=O)N[C@@H](N[C@H](C=O)CC(C)C)C(=O)N[C@@](C)(CCCC=C)C(=O)N[C@@H](CCC(N)=O)C(=O)N[C@@H](CC(=O)O)C(=O)NC. The molecule has 25 N–H and O–H groups in total. The third-order valence-corrected chi connectivity index (χ3v) is 19.7. The molecule has 0 radical (unpaired) electrons. The maximum atomic E-state index is 15.6. The number of hydrogen-bond acceptors (Lipinski definition) is 27. The van der Waals surface area contributed by atoms with Crippen molar-refractivity contribution in [2.75, 3.05) is 20.6 Å². The van der Waals surface area contributed by atoms with Gasteiger partial charge in [0, 0.05) is 37.0 Å². The summed E-state index contributed by atoms with van der Waals surface area (Å²) in [5.41, 5.74) is 14.4. The Morgan fingerprint density at radius 1 is 0.451 bits per heavy atom. The summed E-state index contributed by atoms with van der Waals surface area (Å²) in [4.78, 5) is 266. The van der Waals surface area contributed by atoms with E-state index < -0.39 is 199 Å². The number of benzene rings is 1. The highest BCUT2D eigenvalue weighted by Crippen LogP contribution is 2.22. The second-order valence-corrected chi connectivity index (χ2v) is 31.6. The molecule has 1 aromatic carbocycles. The molecule has 0 spiro atoms. The van der Waals surface area contributed by atoms with E-state index >= 15 is 24.0 Å². The molecule has 0 aliphatic heterocycles. The van der Waals surface area contributed by atoms with Gasteiger partial charge in [-0.25, -0.2) is 0 Å². The Balaban J connectivity index is 3.13. The summed E-state index contributed by atoms with van der Waals surface area (Å²) >= 11 is 0. The molecule has 16 atom stereocenters. The number of hydrogen-bond donors (Lipinski definition) is 22. The van der Waals surface area contributed by atoms with E-state index in [-0.39, 0.29) is 94.8 Å². The largest absolute Gasteiger partial charge is 0.481 e. The van der Waals surface area contributed by atoms with Gasteiger partial charge in [0.1, 0.15) is 55.3 Å². The number of carboxylic acids is 1. The number of nitrogens with two attached hydrogens (primary N) is 3. The summed E-state index contributed by atoms with van der Waals surface area (Å²) in [6.07, 6.45) is -4.42. The van der Waals surface area contributed by atoms with Gasteiger partial charge in [0.15, 0.2) is 37.0 Å². The van der Waals surface area contributed by atoms with Crippen LogP contribution < -0.4 is 108 Å². The van der Waals surface area contributed by atoms with Gasteiger partial charge in [-0.2, -0.15) is 0 Å². The molecule has 41 heteroatoms. The van der Waals surface area contributed by atoms with Crippen LogP contribution >= 0.6 is 0 Å². The predicted molar refractivity (Wildman–Crippen MR) is 451 cm³/mol. The van der Waals surface area contributed by atoms with Crippen LogP contribution in [0.1, 0.15) is 183 Å². The van der Waals surface area contributed by atoms with Crippen molar-refractivity contribution < 1.29 is 96.2 Å². The Morgan fingerprint density at radius 2 is 0.877 bits per heavy atom. The molecule has 2 aromatic rings. The van der Waals surface area contributed by atoms with E-state index in [4.69, 9.17) is 17.2 Å². The molecule has 12 amide bonds. The van der Waals surface area contributed by atoms with Crippen molar-refractivity contribution >= 4 is 125 Å². The molecular formula is C81H131N21O20. The van der Waals surface area contributed by atoms with Gasteiger partial charge in [0.2, 0.25) is 35.4 Å². The third kappa shape index (κ3) is 39.3. The summed E-state index contributed by atoms with van der Waals surface area (Å²) in [6, 6.07) is -4.79. The highest BCUT2D eigenvalue weighted by molar-refractivity contribution is 6.00. The summed E-state index contributed by atoms with van der Waals surface area (Å²) in [7, 11) is 2.67. The van der Waals surface area contributed by atoms with Gasteiger partial charge in [-0.05, 0) is 140 Å². The highest BCUT2D eigenvalue weighted by Gasteiger charge is 2.43. The Labute approximate surface area is 711 Å². The quantitative estimate of drug-likeness (QED) is 0.0133. The second kappa shape index (κ2) is 56.6. The van der Waals surface area contributed by atoms with E-state index in [1.54, 1.807) is 85.0 Å². The number of aromatic nitrogens is 1. The number of primary amides is 2. The molecule has 0 aliphatic rings. The number of carbonyl (C=O) groups excluding carboxylic acids is 18. The first-order chi connectivity index (χ1) is 57.8. The Hall–Kier alpha value is -10.9. The van der Waals surface area contributed by atoms with Gasteiger partial charge in [0.05, 0.1) is 48.2 Å². The van der Waals surface area contributed by atoms with Crippen LogP contribution in [0, 0.1) is 17.8 Å². The molecule has 1 heterocycles. The number of para-hydroxylation sites is 1. The average molecular weight is 1720 g/mol. The number of amides is 12. The monoisotopic (exact) mass is 1720 g/mol. The van der Waals surface area contributed by atoms with Crippen molar-refractivity contribution in [1.29, 1.82) is 0 Å². The van der Waals surface area contributed by atoms with E-state index in [0.29, 0.717) is 67.2 Å². The number of H-pyrrole nitrogens is 1. The van der Waals surface area contributed by atoms with E-state index in [1.807, 2.05) is 0 Å². The van der Waals surface area contributed by atoms with Crippen LogP contribution in [0.15, 0.2) is 55.8 Å². The minimum atomic E-state index is -2.25. The number of likely N-dealkylation sites (N-methyl/N-ethyl adjacent to an activating group) is 2. The van der Waals surface area contributed by atoms with Crippen LogP contribution in [0.5, 0.6) is 0 Å². The Bertz CT molecular complexity index is 3830. The fourth-order valence-corrected chi connectivity index (χ4v) is 12.9. The minimum absolute atomic E-state index is 0.00180. The minimum Gasteiger partial charge on any atom is -0.481 e. The van der Waals surface area contributed by atoms with Crippen LogP contribution in [-0.2, 0) is 97.5 Å². The summed E-state index contributed by atoms with van der Waals surface area (Å²) in [5, 5.41) is 53.8. The fraction of sp³-hybridized carbons (Fsp3) is 0.617. The van der Waals surface area contributed by atoms with Crippen molar-refractivity contribution in [2.24, 2.45) is 35.0 Å². The predicted octanol–water partition coefficient (Wildman–Crippen LogP) is -3.36. The van der Waals surface area contributed by atoms with E-state index in [0.717, 1.165) is 19.3 Å². The maximum absolute atomic E-state index is 15.6. The van der Waals surface area contributed by atoms with Crippen LogP contribution in [0.25, 0.3) is 10.9 Å². The zero-order valence-electron chi connectivity index (χ0n) is 71.5. The first-order valence-electron chi connectivity index (χ1n) is 41.0. The van der Waals surface area contributed by atoms with Crippen LogP contribution in [0.2, 0.25) is 0 Å². The number of aromatic amines is 1. The Kier molecular flexibility index (Phi) is 49.7. The molecule has 0 aliphatic carbocycles. The molecular weight excluding hydrogens is 1590 g/mol. The number of allylic oxidation sites excluding steroid dienone is 2. The van der Waals surface area contributed by atoms with Crippen molar-refractivity contribution in [3.63, 3.8) is 0 Å². The molecule has 122 heavy (non-hydrogen) atoms. The molecule has 0 unspecified atom stereocenters. The van der Waals surface area contributed by atoms with E-state index in [1.165, 1.54) is 27.1 Å². The number of rotatable bonds is 68. The normalized spacial score (nSPS) is 15.8. The van der Waals surface area contributed by atoms with Crippen molar-refractivity contribution in [3.05, 3.63) is 61.3 Å². The number of aldehydes is 6. The summed E-state index contributed by atoms with van der Waals surface area (Å²) in [6.45, 7) is 20.7. The van der Waals surface area contributed by atoms with Crippen LogP contribution in [0.4, 0.5) is 0 Å². The Morgan fingerprint density at radius 3 is 1.31 bits per heavy atom. The van der Waals surface area contributed by atoms with Gasteiger partial charge in [-0.15, -0.1) is 13.2 Å². The zero-order valence-corrected chi connectivity index (χ0v) is 71.5. The number of carboxylic acid groups (broad SMARTS) is 1. The van der Waals surface area contributed by atoms with E-state index in [9.17, 15) is 72.2 Å². The second-order valence-electron chi connectivity index (χ2n) is 31.6. The fourth-order valence-electron chi connectivity index (χ4n) is 12.9. The standard InChI is InChI=1S/C81H131N21O20/c1-13-15-17-18-19-24-31-80(9,86-12)78(121)101-68(93-56(46-108)38-62(84)110)76(119)99-65(89-52(42-104)34-47(3)4)73(116)98-67(92-55(45-107)37-50-40-87-58-28-21-20-27-57(50)58)74(117)96-64(88-51(41-103)26-22-25-33-82)72(115)97-66(90-53(43-105)35-48(5)6)75(118)100-69(91-54(44-106)36-49(7)8)77(120)102-81(10,32-23-16-14-2)79(122)95-59(29-30-61(83)109)71(114)94-60(39-63(111)112)70(113)85-11/h13-14,20-21,27-28,40-49,51-56,59-60,64-69,86-93H,1-2,15-19,22-26,29-39,82H2,3-12H3,(H2,83,109)(H2,84,110)(H,85,113)(H,94,114)(H,95,122)(H,96,117)(H,97,115)(H,98,116)(H,99,119)(H,100,118)(H,101,121)(H,102,120)(H,111,112)/t51-,52-,53-,54-,55-,56-,59-,60-,64+,65+,66+,67+,68+,69+,80+,81-/m0/s1. The molecule has 0 saturated heterocycles. The first kappa shape index (κ1) is 107. The number of nitrogens with one attached hydrogen (secondary N) is 18. The topological polar surface area (TPSA) is 643 Å². The lowest BCUT2D eigenvalue weighted by Gasteiger charge is -2.34. The molecule has 2 rings (SSSR count). The molecule has 0 fully saturated rings.